The van der Waals surface area contributed by atoms with Gasteiger partial charge in [0, 0.05) is 36.7 Å². The minimum absolute atomic E-state index is 0.166. The number of H-pyrrole nitrogens is 1. The number of thiazole rings is 1. The summed E-state index contributed by atoms with van der Waals surface area (Å²) in [4.78, 5) is 23.4. The van der Waals surface area contributed by atoms with Gasteiger partial charge in [0.15, 0.2) is 0 Å². The Hall–Kier alpha value is -2.28. The zero-order valence-corrected chi connectivity index (χ0v) is 11.9. The summed E-state index contributed by atoms with van der Waals surface area (Å²) < 4.78 is 1.68. The third-order valence-electron chi connectivity index (χ3n) is 2.81. The number of aromatic nitrogens is 5. The summed E-state index contributed by atoms with van der Waals surface area (Å²) in [6.07, 6.45) is 4.05. The van der Waals surface area contributed by atoms with Gasteiger partial charge in [-0.1, -0.05) is 0 Å². The van der Waals surface area contributed by atoms with Gasteiger partial charge in [0.25, 0.3) is 5.56 Å². The van der Waals surface area contributed by atoms with Crippen molar-refractivity contribution < 1.29 is 0 Å². The predicted molar refractivity (Wildman–Crippen MR) is 76.7 cm³/mol. The molecule has 0 saturated carbocycles. The van der Waals surface area contributed by atoms with Crippen LogP contribution in [-0.2, 0) is 13.5 Å². The van der Waals surface area contributed by atoms with Gasteiger partial charge in [0.05, 0.1) is 22.6 Å². The first kappa shape index (κ1) is 12.7. The van der Waals surface area contributed by atoms with Crippen LogP contribution in [0.15, 0.2) is 28.6 Å². The summed E-state index contributed by atoms with van der Waals surface area (Å²) in [6, 6.07) is 1.48. The Kier molecular flexibility index (Phi) is 3.19. The fraction of sp³-hybridized carbons (Fsp3) is 0.231. The van der Waals surface area contributed by atoms with Gasteiger partial charge in [0.1, 0.15) is 5.82 Å². The lowest BCUT2D eigenvalue weighted by molar-refractivity contribution is 0.768. The van der Waals surface area contributed by atoms with Crippen LogP contribution >= 0.6 is 11.3 Å². The van der Waals surface area contributed by atoms with Crippen molar-refractivity contribution in [3.8, 4) is 11.3 Å². The summed E-state index contributed by atoms with van der Waals surface area (Å²) >= 11 is 1.59. The monoisotopic (exact) mass is 287 g/mol. The molecule has 0 spiro atoms. The van der Waals surface area contributed by atoms with Crippen molar-refractivity contribution in [1.82, 2.24) is 24.7 Å². The summed E-state index contributed by atoms with van der Waals surface area (Å²) in [5.74, 6) is 0.613. The molecule has 0 fully saturated rings. The predicted octanol–water partition coefficient (Wildman–Crippen LogP) is 1.53. The fourth-order valence-corrected chi connectivity index (χ4v) is 2.57. The maximum atomic E-state index is 11.7. The topological polar surface area (TPSA) is 76.5 Å². The molecule has 0 aliphatic rings. The Labute approximate surface area is 119 Å². The molecule has 3 heterocycles. The van der Waals surface area contributed by atoms with Crippen LogP contribution < -0.4 is 5.56 Å². The molecule has 0 aromatic carbocycles. The molecule has 3 aromatic rings. The highest BCUT2D eigenvalue weighted by atomic mass is 32.1. The smallest absolute Gasteiger partial charge is 0.251 e. The zero-order valence-electron chi connectivity index (χ0n) is 11.1. The zero-order chi connectivity index (χ0) is 14.1. The van der Waals surface area contributed by atoms with Crippen LogP contribution in [0.2, 0.25) is 0 Å². The summed E-state index contributed by atoms with van der Waals surface area (Å²) in [5, 5.41) is 7.08. The fourth-order valence-electron chi connectivity index (χ4n) is 1.95. The molecule has 0 aliphatic heterocycles. The summed E-state index contributed by atoms with van der Waals surface area (Å²) in [5.41, 5.74) is 2.21. The quantitative estimate of drug-likeness (QED) is 0.792. The van der Waals surface area contributed by atoms with E-state index in [1.807, 2.05) is 25.5 Å². The number of aryl methyl sites for hydroxylation is 2. The lowest BCUT2D eigenvalue weighted by Gasteiger charge is -2.01. The highest BCUT2D eigenvalue weighted by Gasteiger charge is 2.08. The lowest BCUT2D eigenvalue weighted by atomic mass is 10.2. The number of nitrogens with one attached hydrogen (secondary N) is 1. The molecule has 3 aromatic heterocycles. The second-order valence-electron chi connectivity index (χ2n) is 4.51. The molecule has 1 N–H and O–H groups in total. The van der Waals surface area contributed by atoms with Crippen LogP contribution in [-0.4, -0.2) is 24.7 Å². The second-order valence-corrected chi connectivity index (χ2v) is 5.58. The lowest BCUT2D eigenvalue weighted by Crippen LogP contribution is -2.11. The van der Waals surface area contributed by atoms with Crippen molar-refractivity contribution in [3.63, 3.8) is 0 Å². The maximum Gasteiger partial charge on any atom is 0.251 e. The molecule has 0 unspecified atom stereocenters. The summed E-state index contributed by atoms with van der Waals surface area (Å²) in [6.45, 7) is 1.95. The third-order valence-corrected chi connectivity index (χ3v) is 3.63. The number of rotatable bonds is 3. The normalized spacial score (nSPS) is 10.9. The number of hydrogen-bond acceptors (Lipinski definition) is 5. The Morgan fingerprint density at radius 2 is 2.25 bits per heavy atom. The maximum absolute atomic E-state index is 11.7. The number of aromatic amines is 1. The van der Waals surface area contributed by atoms with Crippen molar-refractivity contribution in [2.45, 2.75) is 13.3 Å². The van der Waals surface area contributed by atoms with E-state index in [-0.39, 0.29) is 5.56 Å². The number of hydrogen-bond donors (Lipinski definition) is 1. The molecule has 0 bridgehead atoms. The van der Waals surface area contributed by atoms with Gasteiger partial charge < -0.3 is 4.98 Å². The highest BCUT2D eigenvalue weighted by Crippen LogP contribution is 2.15. The van der Waals surface area contributed by atoms with Crippen molar-refractivity contribution in [2.75, 3.05) is 0 Å². The molecule has 0 atom stereocenters. The van der Waals surface area contributed by atoms with E-state index in [9.17, 15) is 4.79 Å². The first-order chi connectivity index (χ1) is 9.60. The Morgan fingerprint density at radius 3 is 2.90 bits per heavy atom. The third kappa shape index (κ3) is 2.67. The van der Waals surface area contributed by atoms with E-state index in [4.69, 9.17) is 0 Å². The minimum atomic E-state index is -0.166. The average Bonchev–Trinajstić information content (AvgIpc) is 2.98. The van der Waals surface area contributed by atoms with Gasteiger partial charge in [-0.25, -0.2) is 9.97 Å². The van der Waals surface area contributed by atoms with Gasteiger partial charge in [0.2, 0.25) is 0 Å². The summed E-state index contributed by atoms with van der Waals surface area (Å²) in [7, 11) is 1.83. The van der Waals surface area contributed by atoms with Gasteiger partial charge >= 0.3 is 0 Å². The van der Waals surface area contributed by atoms with E-state index < -0.39 is 0 Å². The molecular weight excluding hydrogens is 274 g/mol. The van der Waals surface area contributed by atoms with E-state index in [1.54, 1.807) is 22.2 Å². The first-order valence-electron chi connectivity index (χ1n) is 6.10. The van der Waals surface area contributed by atoms with Gasteiger partial charge in [-0.2, -0.15) is 5.10 Å². The average molecular weight is 287 g/mol. The van der Waals surface area contributed by atoms with Gasteiger partial charge in [-0.15, -0.1) is 11.3 Å². The van der Waals surface area contributed by atoms with Crippen LogP contribution in [0.5, 0.6) is 0 Å². The van der Waals surface area contributed by atoms with E-state index in [2.05, 4.69) is 20.1 Å². The molecule has 0 amide bonds. The van der Waals surface area contributed by atoms with Crippen molar-refractivity contribution in [3.05, 3.63) is 50.7 Å². The SMILES string of the molecule is Cc1nc(Cc2nc(-c3cnn(C)c3)cc(=O)[nH]2)cs1. The van der Waals surface area contributed by atoms with E-state index in [0.717, 1.165) is 16.3 Å². The van der Waals surface area contributed by atoms with Crippen LogP contribution in [0.25, 0.3) is 11.3 Å². The first-order valence-corrected chi connectivity index (χ1v) is 6.98. The molecule has 3 rings (SSSR count). The molecule has 20 heavy (non-hydrogen) atoms. The van der Waals surface area contributed by atoms with Crippen LogP contribution in [0, 0.1) is 6.92 Å². The van der Waals surface area contributed by atoms with Crippen molar-refractivity contribution in [1.29, 1.82) is 0 Å². The second kappa shape index (κ2) is 5.01. The molecule has 7 heteroatoms. The Balaban J connectivity index is 1.96. The molecule has 6 nitrogen and oxygen atoms in total. The van der Waals surface area contributed by atoms with E-state index >= 15 is 0 Å². The van der Waals surface area contributed by atoms with Crippen LogP contribution in [0.1, 0.15) is 16.5 Å². The van der Waals surface area contributed by atoms with Crippen molar-refractivity contribution >= 4 is 11.3 Å². The van der Waals surface area contributed by atoms with E-state index in [0.29, 0.717) is 17.9 Å². The molecule has 0 aliphatic carbocycles. The number of nitrogens with zero attached hydrogens (tertiary/aromatic N) is 4. The van der Waals surface area contributed by atoms with E-state index in [1.165, 1.54) is 6.07 Å². The molecule has 0 radical (unpaired) electrons. The van der Waals surface area contributed by atoms with Crippen molar-refractivity contribution in [2.24, 2.45) is 7.05 Å². The molecular formula is C13H13N5OS. The molecule has 0 saturated heterocycles. The van der Waals surface area contributed by atoms with Gasteiger partial charge in [-0.3, -0.25) is 9.48 Å². The Bertz CT molecular complexity index is 801. The Morgan fingerprint density at radius 1 is 1.40 bits per heavy atom. The highest BCUT2D eigenvalue weighted by molar-refractivity contribution is 7.09. The largest absolute Gasteiger partial charge is 0.310 e. The van der Waals surface area contributed by atoms with Gasteiger partial charge in [-0.05, 0) is 6.92 Å². The standard InChI is InChI=1S/C13H13N5OS/c1-8-15-10(7-20-8)3-12-16-11(4-13(19)17-12)9-5-14-18(2)6-9/h4-7H,3H2,1-2H3,(H,16,17,19). The van der Waals surface area contributed by atoms with Crippen LogP contribution in [0.3, 0.4) is 0 Å². The van der Waals surface area contributed by atoms with Crippen LogP contribution in [0.4, 0.5) is 0 Å². The minimum Gasteiger partial charge on any atom is -0.310 e. The molecule has 102 valence electrons.